The Balaban J connectivity index is 1.66. The molecule has 1 aliphatic rings. The molecule has 1 saturated heterocycles. The highest BCUT2D eigenvalue weighted by Gasteiger charge is 2.28. The van der Waals surface area contributed by atoms with Gasteiger partial charge in [-0.2, -0.15) is 0 Å². The normalized spacial score (nSPS) is 15.7. The van der Waals surface area contributed by atoms with Gasteiger partial charge in [-0.25, -0.2) is 17.8 Å². The third kappa shape index (κ3) is 6.09. The molecule has 0 unspecified atom stereocenters. The van der Waals surface area contributed by atoms with Crippen LogP contribution in [0.3, 0.4) is 0 Å². The lowest BCUT2D eigenvalue weighted by Gasteiger charge is -2.23. The number of amides is 1. The van der Waals surface area contributed by atoms with Crippen LogP contribution in [-0.2, 0) is 33.4 Å². The van der Waals surface area contributed by atoms with Gasteiger partial charge in [-0.15, -0.1) is 6.58 Å². The number of aromatic nitrogens is 2. The number of nitrogens with zero attached hydrogens (tertiary/aromatic N) is 3. The Morgan fingerprint density at radius 2 is 1.94 bits per heavy atom. The first-order chi connectivity index (χ1) is 17.3. The Labute approximate surface area is 211 Å². The molecule has 0 saturated carbocycles. The molecule has 9 heteroatoms. The van der Waals surface area contributed by atoms with Gasteiger partial charge in [-0.05, 0) is 49.6 Å². The first-order valence-corrected chi connectivity index (χ1v) is 13.5. The van der Waals surface area contributed by atoms with Crippen LogP contribution in [0.2, 0.25) is 0 Å². The molecule has 190 valence electrons. The molecular formula is C27H30FN3O4S. The first kappa shape index (κ1) is 25.8. The maximum absolute atomic E-state index is 13.4. The molecule has 0 N–H and O–H groups in total. The molecular weight excluding hydrogens is 481 g/mol. The zero-order chi connectivity index (χ0) is 25.7. The average Bonchev–Trinajstić information content (AvgIpc) is 3.51. The molecule has 3 aromatic rings. The van der Waals surface area contributed by atoms with Crippen LogP contribution in [0.1, 0.15) is 40.0 Å². The number of imidazole rings is 1. The third-order valence-corrected chi connectivity index (χ3v) is 7.74. The fraction of sp³-hybridized carbons (Fsp3) is 0.333. The van der Waals surface area contributed by atoms with Crippen molar-refractivity contribution in [3.63, 3.8) is 0 Å². The summed E-state index contributed by atoms with van der Waals surface area (Å²) < 4.78 is 47.5. The van der Waals surface area contributed by atoms with Gasteiger partial charge in [-0.1, -0.05) is 35.9 Å². The number of benzene rings is 2. The second-order valence-electron chi connectivity index (χ2n) is 9.00. The van der Waals surface area contributed by atoms with E-state index >= 15 is 0 Å². The van der Waals surface area contributed by atoms with E-state index in [1.54, 1.807) is 27.7 Å². The van der Waals surface area contributed by atoms with Gasteiger partial charge >= 0.3 is 0 Å². The zero-order valence-electron chi connectivity index (χ0n) is 20.3. The third-order valence-electron chi connectivity index (χ3n) is 6.15. The smallest absolute Gasteiger partial charge is 0.254 e. The van der Waals surface area contributed by atoms with Gasteiger partial charge in [0.15, 0.2) is 0 Å². The minimum Gasteiger partial charge on any atom is -0.376 e. The summed E-state index contributed by atoms with van der Waals surface area (Å²) in [5, 5.41) is -0.0846. The second kappa shape index (κ2) is 11.2. The van der Waals surface area contributed by atoms with Crippen molar-refractivity contribution in [1.29, 1.82) is 0 Å². The molecule has 36 heavy (non-hydrogen) atoms. The van der Waals surface area contributed by atoms with Gasteiger partial charge in [-0.3, -0.25) is 4.79 Å². The minimum atomic E-state index is -3.85. The number of carbonyl (C=O) groups is 1. The van der Waals surface area contributed by atoms with Crippen molar-refractivity contribution in [3.05, 3.63) is 95.6 Å². The van der Waals surface area contributed by atoms with E-state index in [2.05, 4.69) is 11.6 Å². The molecule has 1 aliphatic heterocycles. The number of aryl methyl sites for hydroxylation is 1. The number of sulfone groups is 1. The molecule has 0 bridgehead atoms. The van der Waals surface area contributed by atoms with Crippen LogP contribution in [0, 0.1) is 12.7 Å². The largest absolute Gasteiger partial charge is 0.376 e. The average molecular weight is 512 g/mol. The number of rotatable bonds is 10. The van der Waals surface area contributed by atoms with E-state index in [0.717, 1.165) is 18.4 Å². The summed E-state index contributed by atoms with van der Waals surface area (Å²) in [5.41, 5.74) is 2.64. The summed E-state index contributed by atoms with van der Waals surface area (Å²) in [6.45, 7) is 7.11. The fourth-order valence-corrected chi connectivity index (χ4v) is 5.77. The molecule has 2 aromatic carbocycles. The van der Waals surface area contributed by atoms with Crippen LogP contribution in [0.5, 0.6) is 0 Å². The highest BCUT2D eigenvalue weighted by atomic mass is 32.2. The molecule has 0 radical (unpaired) electrons. The van der Waals surface area contributed by atoms with E-state index in [0.29, 0.717) is 30.0 Å². The lowest BCUT2D eigenvalue weighted by Crippen LogP contribution is -2.32. The Morgan fingerprint density at radius 3 is 2.58 bits per heavy atom. The van der Waals surface area contributed by atoms with Gasteiger partial charge in [0, 0.05) is 18.7 Å². The molecule has 4 rings (SSSR count). The van der Waals surface area contributed by atoms with Crippen molar-refractivity contribution in [3.8, 4) is 0 Å². The standard InChI is InChI=1S/C27H30FN3O4S/c1-3-14-30(26(32)22-10-6-20(2)7-11-22)17-24-16-29-27(31(24)18-25-5-4-15-35-25)36(33,34)19-21-8-12-23(28)13-9-21/h3,6-13,16,25H,1,4-5,14-15,17-19H2,2H3/t25-/m0/s1. The Hall–Kier alpha value is -3.30. The number of halogens is 1. The summed E-state index contributed by atoms with van der Waals surface area (Å²) in [7, 11) is -3.85. The van der Waals surface area contributed by atoms with Crippen molar-refractivity contribution in [2.45, 2.75) is 49.9 Å². The van der Waals surface area contributed by atoms with Gasteiger partial charge in [0.1, 0.15) is 5.82 Å². The van der Waals surface area contributed by atoms with Crippen LogP contribution in [0.15, 0.2) is 72.5 Å². The van der Waals surface area contributed by atoms with Gasteiger partial charge in [0.05, 0.1) is 36.8 Å². The minimum absolute atomic E-state index is 0.0846. The molecule has 2 heterocycles. The van der Waals surface area contributed by atoms with E-state index in [9.17, 15) is 17.6 Å². The molecule has 1 amide bonds. The van der Waals surface area contributed by atoms with Crippen molar-refractivity contribution < 1.29 is 22.3 Å². The van der Waals surface area contributed by atoms with E-state index in [1.165, 1.54) is 30.5 Å². The van der Waals surface area contributed by atoms with Crippen LogP contribution < -0.4 is 0 Å². The molecule has 0 spiro atoms. The van der Waals surface area contributed by atoms with E-state index in [4.69, 9.17) is 4.74 Å². The second-order valence-corrected chi connectivity index (χ2v) is 10.9. The Morgan fingerprint density at radius 1 is 1.22 bits per heavy atom. The zero-order valence-corrected chi connectivity index (χ0v) is 21.1. The molecule has 1 atom stereocenters. The van der Waals surface area contributed by atoms with E-state index in [-0.39, 0.29) is 36.0 Å². The summed E-state index contributed by atoms with van der Waals surface area (Å²) in [6.07, 6.45) is 4.72. The summed E-state index contributed by atoms with van der Waals surface area (Å²) >= 11 is 0. The highest BCUT2D eigenvalue weighted by Crippen LogP contribution is 2.23. The topological polar surface area (TPSA) is 81.5 Å². The number of hydrogen-bond donors (Lipinski definition) is 0. The van der Waals surface area contributed by atoms with E-state index in [1.807, 2.05) is 19.1 Å². The lowest BCUT2D eigenvalue weighted by atomic mass is 10.1. The van der Waals surface area contributed by atoms with Crippen molar-refractivity contribution in [2.24, 2.45) is 0 Å². The monoisotopic (exact) mass is 511 g/mol. The highest BCUT2D eigenvalue weighted by molar-refractivity contribution is 7.90. The number of ether oxygens (including phenoxy) is 1. The van der Waals surface area contributed by atoms with Gasteiger partial charge < -0.3 is 14.2 Å². The summed E-state index contributed by atoms with van der Waals surface area (Å²) in [6, 6.07) is 12.7. The number of carbonyl (C=O) groups excluding carboxylic acids is 1. The maximum atomic E-state index is 13.4. The van der Waals surface area contributed by atoms with Gasteiger partial charge in [0.2, 0.25) is 15.0 Å². The summed E-state index contributed by atoms with van der Waals surface area (Å²) in [4.78, 5) is 19.1. The van der Waals surface area contributed by atoms with E-state index < -0.39 is 15.7 Å². The SMILES string of the molecule is C=CCN(Cc1cnc(S(=O)(=O)Cc2ccc(F)cc2)n1C[C@@H]1CCCO1)C(=O)c1ccc(C)cc1. The van der Waals surface area contributed by atoms with Crippen LogP contribution >= 0.6 is 0 Å². The number of hydrogen-bond acceptors (Lipinski definition) is 5. The first-order valence-electron chi connectivity index (χ1n) is 11.9. The van der Waals surface area contributed by atoms with Crippen molar-refractivity contribution in [1.82, 2.24) is 14.5 Å². The maximum Gasteiger partial charge on any atom is 0.254 e. The predicted molar refractivity (Wildman–Crippen MR) is 135 cm³/mol. The molecule has 0 aliphatic carbocycles. The van der Waals surface area contributed by atoms with Gasteiger partial charge in [0.25, 0.3) is 5.91 Å². The molecule has 1 fully saturated rings. The Kier molecular flexibility index (Phi) is 8.01. The van der Waals surface area contributed by atoms with Crippen LogP contribution in [0.25, 0.3) is 0 Å². The molecule has 7 nitrogen and oxygen atoms in total. The van der Waals surface area contributed by atoms with Crippen LogP contribution in [0.4, 0.5) is 4.39 Å². The summed E-state index contributed by atoms with van der Waals surface area (Å²) in [5.74, 6) is -0.928. The fourth-order valence-electron chi connectivity index (χ4n) is 4.27. The molecule has 1 aromatic heterocycles. The predicted octanol–water partition coefficient (Wildman–Crippen LogP) is 4.31. The Bertz CT molecular complexity index is 1310. The quantitative estimate of drug-likeness (QED) is 0.379. The van der Waals surface area contributed by atoms with Crippen molar-refractivity contribution in [2.75, 3.05) is 13.2 Å². The van der Waals surface area contributed by atoms with Crippen molar-refractivity contribution >= 4 is 15.7 Å². The van der Waals surface area contributed by atoms with Crippen LogP contribution in [-0.4, -0.2) is 48.0 Å². The lowest BCUT2D eigenvalue weighted by molar-refractivity contribution is 0.0751.